The van der Waals surface area contributed by atoms with E-state index in [1.165, 1.54) is 34.4 Å². The van der Waals surface area contributed by atoms with Gasteiger partial charge >= 0.3 is 0 Å². The smallest absolute Gasteiger partial charge is 0.260 e. The molecule has 4 rings (SSSR count). The zero-order valence-corrected chi connectivity index (χ0v) is 22.5. The highest BCUT2D eigenvalue weighted by Gasteiger charge is 2.24. The number of carbonyl (C=O) groups is 1. The third-order valence-electron chi connectivity index (χ3n) is 5.51. The maximum atomic E-state index is 13.6. The van der Waals surface area contributed by atoms with E-state index in [0.717, 1.165) is 25.6 Å². The average Bonchev–Trinajstić information content (AvgIpc) is 3.22. The Kier molecular flexibility index (Phi) is 8.56. The van der Waals surface area contributed by atoms with Crippen LogP contribution in [0.1, 0.15) is 10.4 Å². The average molecular weight is 560 g/mol. The number of ether oxygens (including phenoxy) is 1. The minimum Gasteiger partial charge on any atom is -0.379 e. The lowest BCUT2D eigenvalue weighted by Gasteiger charge is -2.29. The summed E-state index contributed by atoms with van der Waals surface area (Å²) in [4.78, 5) is 22.1. The van der Waals surface area contributed by atoms with Crippen LogP contribution in [0.5, 0.6) is 0 Å². The van der Waals surface area contributed by atoms with Crippen LogP contribution in [0.15, 0.2) is 52.3 Å². The molecule has 0 atom stereocenters. The van der Waals surface area contributed by atoms with E-state index >= 15 is 0 Å². The van der Waals surface area contributed by atoms with Gasteiger partial charge in [-0.3, -0.25) is 14.6 Å². The number of carbonyl (C=O) groups excluding carboxylic acids is 1. The summed E-state index contributed by atoms with van der Waals surface area (Å²) in [6, 6.07) is 10.6. The molecule has 2 heterocycles. The van der Waals surface area contributed by atoms with Gasteiger partial charge in [0, 0.05) is 44.3 Å². The summed E-state index contributed by atoms with van der Waals surface area (Å²) in [5.74, 6) is -0.374. The molecule has 1 fully saturated rings. The third-order valence-corrected chi connectivity index (χ3v) is 8.77. The zero-order chi connectivity index (χ0) is 24.5. The fourth-order valence-electron chi connectivity index (χ4n) is 3.60. The second kappa shape index (κ2) is 10.9. The first kappa shape index (κ1) is 27.5. The lowest BCUT2D eigenvalue weighted by molar-refractivity contribution is 0.0391. The van der Waals surface area contributed by atoms with Gasteiger partial charge in [-0.05, 0) is 36.4 Å². The van der Waals surface area contributed by atoms with Crippen LogP contribution in [0, 0.1) is 0 Å². The van der Waals surface area contributed by atoms with E-state index in [1.807, 2.05) is 0 Å². The van der Waals surface area contributed by atoms with Gasteiger partial charge in [0.25, 0.3) is 5.91 Å². The molecule has 1 saturated heterocycles. The summed E-state index contributed by atoms with van der Waals surface area (Å²) in [5, 5.41) is 0.420. The number of benzene rings is 2. The lowest BCUT2D eigenvalue weighted by Crippen LogP contribution is -2.43. The molecule has 1 aliphatic rings. The van der Waals surface area contributed by atoms with Crippen molar-refractivity contribution in [3.63, 3.8) is 0 Å². The van der Waals surface area contributed by atoms with E-state index in [9.17, 15) is 21.6 Å². The standard InChI is InChI=1S/C22H25N3O6S3.ClH/c1-33(27,28)17-5-3-4-16(14-17)21(26)25(9-8-24-10-12-31-13-11-24)22-23-19-7-6-18(34(2,29)30)15-20(19)32-22;/h3-7,14-15H,8-13H2,1-2H3;1H. The third kappa shape index (κ3) is 6.57. The minimum absolute atomic E-state index is 0. The maximum Gasteiger partial charge on any atom is 0.260 e. The molecule has 0 aliphatic carbocycles. The molecule has 1 aromatic heterocycles. The van der Waals surface area contributed by atoms with Gasteiger partial charge in [0.05, 0.1) is 33.2 Å². The first-order valence-corrected chi connectivity index (χ1v) is 15.1. The van der Waals surface area contributed by atoms with Crippen molar-refractivity contribution in [2.75, 3.05) is 56.8 Å². The number of anilines is 1. The number of halogens is 1. The number of hydrogen-bond donors (Lipinski definition) is 0. The highest BCUT2D eigenvalue weighted by molar-refractivity contribution is 7.91. The van der Waals surface area contributed by atoms with Crippen molar-refractivity contribution in [2.24, 2.45) is 0 Å². The number of aromatic nitrogens is 1. The fraction of sp³-hybridized carbons (Fsp3) is 0.364. The lowest BCUT2D eigenvalue weighted by atomic mass is 10.2. The van der Waals surface area contributed by atoms with Crippen LogP contribution in [0.25, 0.3) is 10.2 Å². The largest absolute Gasteiger partial charge is 0.379 e. The van der Waals surface area contributed by atoms with Crippen LogP contribution < -0.4 is 4.90 Å². The molecular formula is C22H26ClN3O6S3. The Labute approximate surface area is 215 Å². The van der Waals surface area contributed by atoms with Crippen molar-refractivity contribution < 1.29 is 26.4 Å². The van der Waals surface area contributed by atoms with E-state index in [-0.39, 0.29) is 33.7 Å². The molecule has 3 aromatic rings. The van der Waals surface area contributed by atoms with Crippen molar-refractivity contribution in [2.45, 2.75) is 9.79 Å². The summed E-state index contributed by atoms with van der Waals surface area (Å²) >= 11 is 1.22. The van der Waals surface area contributed by atoms with Crippen LogP contribution >= 0.6 is 23.7 Å². The number of fused-ring (bicyclic) bond motifs is 1. The Morgan fingerprint density at radius 2 is 1.69 bits per heavy atom. The second-order valence-electron chi connectivity index (χ2n) is 8.11. The van der Waals surface area contributed by atoms with Crippen molar-refractivity contribution in [1.82, 2.24) is 9.88 Å². The van der Waals surface area contributed by atoms with E-state index in [4.69, 9.17) is 4.74 Å². The molecule has 190 valence electrons. The number of thiazole rings is 1. The summed E-state index contributed by atoms with van der Waals surface area (Å²) < 4.78 is 54.0. The van der Waals surface area contributed by atoms with Gasteiger partial charge in [-0.2, -0.15) is 0 Å². The van der Waals surface area contributed by atoms with Crippen LogP contribution in [-0.2, 0) is 24.4 Å². The number of sulfone groups is 2. The molecular weight excluding hydrogens is 534 g/mol. The number of hydrogen-bond acceptors (Lipinski definition) is 9. The normalized spacial score (nSPS) is 15.0. The molecule has 0 unspecified atom stereocenters. The topological polar surface area (TPSA) is 114 Å². The van der Waals surface area contributed by atoms with Gasteiger partial charge in [-0.1, -0.05) is 17.4 Å². The fourth-order valence-corrected chi connectivity index (χ4v) is 6.02. The van der Waals surface area contributed by atoms with Crippen LogP contribution in [0.2, 0.25) is 0 Å². The molecule has 0 bridgehead atoms. The summed E-state index contributed by atoms with van der Waals surface area (Å²) in [6.45, 7) is 3.68. The Hall–Kier alpha value is -2.09. The molecule has 0 N–H and O–H groups in total. The molecule has 13 heteroatoms. The molecule has 0 spiro atoms. The molecule has 9 nitrogen and oxygen atoms in total. The van der Waals surface area contributed by atoms with Gasteiger partial charge in [-0.25, -0.2) is 21.8 Å². The van der Waals surface area contributed by atoms with Crippen molar-refractivity contribution in [3.8, 4) is 0 Å². The molecule has 1 amide bonds. The Balaban J connectivity index is 0.00000342. The Morgan fingerprint density at radius 1 is 1.03 bits per heavy atom. The second-order valence-corrected chi connectivity index (χ2v) is 13.1. The van der Waals surface area contributed by atoms with Crippen molar-refractivity contribution in [1.29, 1.82) is 0 Å². The van der Waals surface area contributed by atoms with Gasteiger partial charge in [-0.15, -0.1) is 12.4 Å². The molecule has 1 aliphatic heterocycles. The minimum atomic E-state index is -3.48. The van der Waals surface area contributed by atoms with Gasteiger partial charge < -0.3 is 4.74 Å². The Morgan fingerprint density at radius 3 is 2.34 bits per heavy atom. The number of nitrogens with zero attached hydrogens (tertiary/aromatic N) is 3. The zero-order valence-electron chi connectivity index (χ0n) is 19.2. The maximum absolute atomic E-state index is 13.6. The van der Waals surface area contributed by atoms with Crippen LogP contribution in [0.3, 0.4) is 0 Å². The monoisotopic (exact) mass is 559 g/mol. The summed E-state index contributed by atoms with van der Waals surface area (Å²) in [5.41, 5.74) is 0.822. The van der Waals surface area contributed by atoms with E-state index in [0.29, 0.717) is 41.7 Å². The molecule has 2 aromatic carbocycles. The number of amides is 1. The number of morpholine rings is 1. The first-order valence-electron chi connectivity index (χ1n) is 10.5. The van der Waals surface area contributed by atoms with Crippen molar-refractivity contribution >= 4 is 64.7 Å². The highest BCUT2D eigenvalue weighted by atomic mass is 35.5. The molecule has 35 heavy (non-hydrogen) atoms. The summed E-state index contributed by atoms with van der Waals surface area (Å²) in [6.07, 6.45) is 2.24. The van der Waals surface area contributed by atoms with Crippen molar-refractivity contribution in [3.05, 3.63) is 48.0 Å². The predicted molar refractivity (Wildman–Crippen MR) is 138 cm³/mol. The first-order chi connectivity index (χ1) is 16.0. The van der Waals surface area contributed by atoms with E-state index in [1.54, 1.807) is 24.3 Å². The Bertz CT molecular complexity index is 1430. The molecule has 0 radical (unpaired) electrons. The molecule has 0 saturated carbocycles. The van der Waals surface area contributed by atoms with E-state index < -0.39 is 19.7 Å². The quantitative estimate of drug-likeness (QED) is 0.434. The van der Waals surface area contributed by atoms with E-state index in [2.05, 4.69) is 9.88 Å². The highest BCUT2D eigenvalue weighted by Crippen LogP contribution is 2.31. The SMILES string of the molecule is CS(=O)(=O)c1cccc(C(=O)N(CCN2CCOCC2)c2nc3ccc(S(C)(=O)=O)cc3s2)c1.Cl. The predicted octanol–water partition coefficient (Wildman–Crippen LogP) is 2.50. The number of rotatable bonds is 7. The van der Waals surface area contributed by atoms with Gasteiger partial charge in [0.15, 0.2) is 24.8 Å². The van der Waals surface area contributed by atoms with Gasteiger partial charge in [0.1, 0.15) is 0 Å². The summed E-state index contributed by atoms with van der Waals surface area (Å²) in [7, 11) is -6.87. The van der Waals surface area contributed by atoms with Crippen LogP contribution in [0.4, 0.5) is 5.13 Å². The van der Waals surface area contributed by atoms with Gasteiger partial charge in [0.2, 0.25) is 0 Å². The van der Waals surface area contributed by atoms with Crippen LogP contribution in [-0.4, -0.2) is 84.5 Å².